The summed E-state index contributed by atoms with van der Waals surface area (Å²) in [5.74, 6) is -2.00. The minimum atomic E-state index is -1.25. The summed E-state index contributed by atoms with van der Waals surface area (Å²) >= 11 is 0. The van der Waals surface area contributed by atoms with Gasteiger partial charge < -0.3 is 14.8 Å². The molecule has 8 nitrogen and oxygen atoms in total. The van der Waals surface area contributed by atoms with Crippen LogP contribution < -0.4 is 5.32 Å². The third-order valence-corrected chi connectivity index (χ3v) is 4.35. The molecule has 0 aliphatic carbocycles. The molecule has 0 bridgehead atoms. The van der Waals surface area contributed by atoms with Crippen molar-refractivity contribution in [3.8, 4) is 0 Å². The molecule has 2 aliphatic heterocycles. The minimum absolute atomic E-state index is 0.186. The molecule has 25 heavy (non-hydrogen) atoms. The first-order valence-electron chi connectivity index (χ1n) is 7.88. The van der Waals surface area contributed by atoms with E-state index in [1.165, 1.54) is 0 Å². The van der Waals surface area contributed by atoms with Crippen molar-refractivity contribution in [1.29, 1.82) is 0 Å². The Morgan fingerprint density at radius 3 is 2.60 bits per heavy atom. The summed E-state index contributed by atoms with van der Waals surface area (Å²) in [6.45, 7) is 3.12. The van der Waals surface area contributed by atoms with Crippen molar-refractivity contribution >= 4 is 23.9 Å². The molecule has 2 heterocycles. The van der Waals surface area contributed by atoms with Gasteiger partial charge in [-0.05, 0) is 19.4 Å². The van der Waals surface area contributed by atoms with Gasteiger partial charge in [-0.2, -0.15) is 0 Å². The molecule has 8 heteroatoms. The van der Waals surface area contributed by atoms with Crippen molar-refractivity contribution in [2.75, 3.05) is 13.2 Å². The number of urea groups is 1. The Balaban J connectivity index is 1.71. The van der Waals surface area contributed by atoms with Crippen LogP contribution >= 0.6 is 0 Å². The predicted molar refractivity (Wildman–Crippen MR) is 84.2 cm³/mol. The molecule has 0 aromatic heterocycles. The van der Waals surface area contributed by atoms with Crippen molar-refractivity contribution < 1.29 is 28.7 Å². The summed E-state index contributed by atoms with van der Waals surface area (Å²) in [7, 11) is 0. The first kappa shape index (κ1) is 16.9. The van der Waals surface area contributed by atoms with Crippen molar-refractivity contribution in [2.24, 2.45) is 0 Å². The van der Waals surface area contributed by atoms with Gasteiger partial charge in [0.1, 0.15) is 12.1 Å². The highest BCUT2D eigenvalue weighted by Gasteiger charge is 2.49. The zero-order chi connectivity index (χ0) is 18.2. The van der Waals surface area contributed by atoms with Crippen molar-refractivity contribution in [3.05, 3.63) is 35.4 Å². The first-order chi connectivity index (χ1) is 11.8. The number of nitrogens with one attached hydrogen (secondary N) is 1. The Labute approximate surface area is 144 Å². The van der Waals surface area contributed by atoms with E-state index in [-0.39, 0.29) is 13.0 Å². The quantitative estimate of drug-likeness (QED) is 0.633. The molecular weight excluding hydrogens is 328 g/mol. The molecule has 132 valence electrons. The predicted octanol–water partition coefficient (Wildman–Crippen LogP) is 0.621. The van der Waals surface area contributed by atoms with Crippen LogP contribution in [0.4, 0.5) is 4.79 Å². The zero-order valence-corrected chi connectivity index (χ0v) is 13.9. The number of carbonyl (C=O) groups excluding carboxylic acids is 4. The average molecular weight is 346 g/mol. The van der Waals surface area contributed by atoms with Gasteiger partial charge in [0.2, 0.25) is 6.10 Å². The number of ether oxygens (including phenoxy) is 2. The van der Waals surface area contributed by atoms with Crippen LogP contribution in [0.1, 0.15) is 24.5 Å². The SMILES string of the molecule is Cc1ccc([C@@]2(C)NC(=O)N(CC(=O)O[C@@H]3CCOC3=O)C2=O)cc1. The monoisotopic (exact) mass is 346 g/mol. The fourth-order valence-electron chi connectivity index (χ4n) is 2.83. The van der Waals surface area contributed by atoms with E-state index >= 15 is 0 Å². The number of aryl methyl sites for hydroxylation is 1. The number of amides is 3. The van der Waals surface area contributed by atoms with Crippen molar-refractivity contribution in [3.63, 3.8) is 0 Å². The molecule has 0 unspecified atom stereocenters. The number of imide groups is 1. The van der Waals surface area contributed by atoms with Crippen molar-refractivity contribution in [1.82, 2.24) is 10.2 Å². The molecule has 1 N–H and O–H groups in total. The number of hydrogen-bond acceptors (Lipinski definition) is 6. The van der Waals surface area contributed by atoms with E-state index in [4.69, 9.17) is 9.47 Å². The maximum Gasteiger partial charge on any atom is 0.347 e. The summed E-state index contributed by atoms with van der Waals surface area (Å²) in [6, 6.07) is 6.50. The van der Waals surface area contributed by atoms with E-state index in [1.807, 2.05) is 19.1 Å². The Bertz CT molecular complexity index is 744. The lowest BCUT2D eigenvalue weighted by atomic mass is 9.91. The molecule has 1 aromatic carbocycles. The van der Waals surface area contributed by atoms with E-state index in [0.717, 1.165) is 10.5 Å². The smallest absolute Gasteiger partial charge is 0.347 e. The van der Waals surface area contributed by atoms with Gasteiger partial charge in [0.25, 0.3) is 5.91 Å². The Morgan fingerprint density at radius 2 is 2.00 bits per heavy atom. The van der Waals surface area contributed by atoms with Crippen LogP contribution in [0.15, 0.2) is 24.3 Å². The van der Waals surface area contributed by atoms with Gasteiger partial charge in [0, 0.05) is 6.42 Å². The van der Waals surface area contributed by atoms with Crippen molar-refractivity contribution in [2.45, 2.75) is 31.9 Å². The number of nitrogens with zero attached hydrogens (tertiary/aromatic N) is 1. The largest absolute Gasteiger partial charge is 0.463 e. The molecular formula is C17H18N2O6. The third-order valence-electron chi connectivity index (χ3n) is 4.35. The highest BCUT2D eigenvalue weighted by molar-refractivity contribution is 6.08. The molecule has 2 fully saturated rings. The van der Waals surface area contributed by atoms with E-state index in [1.54, 1.807) is 19.1 Å². The van der Waals surface area contributed by atoms with Crippen LogP contribution in [0, 0.1) is 6.92 Å². The van der Waals surface area contributed by atoms with Crippen LogP contribution in [0.3, 0.4) is 0 Å². The Hall–Kier alpha value is -2.90. The lowest BCUT2D eigenvalue weighted by molar-refractivity contribution is -0.161. The van der Waals surface area contributed by atoms with E-state index in [0.29, 0.717) is 5.56 Å². The molecule has 2 saturated heterocycles. The molecule has 0 spiro atoms. The number of benzene rings is 1. The van der Waals surface area contributed by atoms with Crippen LogP contribution in [0.25, 0.3) is 0 Å². The fraction of sp³-hybridized carbons (Fsp3) is 0.412. The number of cyclic esters (lactones) is 1. The van der Waals surface area contributed by atoms with Gasteiger partial charge in [-0.15, -0.1) is 0 Å². The lowest BCUT2D eigenvalue weighted by Crippen LogP contribution is -2.42. The number of carbonyl (C=O) groups is 4. The number of rotatable bonds is 4. The topological polar surface area (TPSA) is 102 Å². The highest BCUT2D eigenvalue weighted by Crippen LogP contribution is 2.29. The summed E-state index contributed by atoms with van der Waals surface area (Å²) in [5, 5.41) is 2.61. The van der Waals surface area contributed by atoms with Crippen LogP contribution in [-0.2, 0) is 29.4 Å². The summed E-state index contributed by atoms with van der Waals surface area (Å²) in [5.41, 5.74) is 0.386. The maximum absolute atomic E-state index is 12.7. The van der Waals surface area contributed by atoms with Gasteiger partial charge in [0.15, 0.2) is 0 Å². The Morgan fingerprint density at radius 1 is 1.32 bits per heavy atom. The summed E-state index contributed by atoms with van der Waals surface area (Å²) in [6.07, 6.45) is -0.706. The van der Waals surface area contributed by atoms with Crippen LogP contribution in [0.5, 0.6) is 0 Å². The highest BCUT2D eigenvalue weighted by atomic mass is 16.6. The fourth-order valence-corrected chi connectivity index (χ4v) is 2.83. The number of esters is 2. The Kier molecular flexibility index (Phi) is 4.20. The van der Waals surface area contributed by atoms with E-state index in [2.05, 4.69) is 5.32 Å². The minimum Gasteiger partial charge on any atom is -0.463 e. The van der Waals surface area contributed by atoms with E-state index in [9.17, 15) is 19.2 Å². The standard InChI is InChI=1S/C17H18N2O6/c1-10-3-5-11(6-4-10)17(2)15(22)19(16(23)18-17)9-13(20)25-12-7-8-24-14(12)21/h3-6,12H,7-9H2,1-2H3,(H,18,23)/t12-,17-/m1/s1. The van der Waals surface area contributed by atoms with Gasteiger partial charge in [-0.3, -0.25) is 14.5 Å². The van der Waals surface area contributed by atoms with Gasteiger partial charge in [-0.25, -0.2) is 9.59 Å². The van der Waals surface area contributed by atoms with Gasteiger partial charge >= 0.3 is 18.0 Å². The second-order valence-corrected chi connectivity index (χ2v) is 6.25. The second kappa shape index (κ2) is 6.19. The molecule has 0 saturated carbocycles. The molecule has 3 rings (SSSR count). The summed E-state index contributed by atoms with van der Waals surface area (Å²) < 4.78 is 9.69. The third kappa shape index (κ3) is 3.07. The molecule has 2 aliphatic rings. The van der Waals surface area contributed by atoms with Crippen LogP contribution in [0.2, 0.25) is 0 Å². The molecule has 2 atom stereocenters. The lowest BCUT2D eigenvalue weighted by Gasteiger charge is -2.22. The first-order valence-corrected chi connectivity index (χ1v) is 7.88. The van der Waals surface area contributed by atoms with E-state index < -0.39 is 42.1 Å². The van der Waals surface area contributed by atoms with Gasteiger partial charge in [0.05, 0.1) is 6.61 Å². The average Bonchev–Trinajstić information content (AvgIpc) is 3.05. The van der Waals surface area contributed by atoms with Crippen LogP contribution in [-0.4, -0.2) is 48.0 Å². The molecule has 1 aromatic rings. The normalized spacial score (nSPS) is 25.8. The summed E-state index contributed by atoms with van der Waals surface area (Å²) in [4.78, 5) is 49.0. The molecule has 3 amide bonds. The second-order valence-electron chi connectivity index (χ2n) is 6.25. The van der Waals surface area contributed by atoms with Gasteiger partial charge in [-0.1, -0.05) is 29.8 Å². The zero-order valence-electron chi connectivity index (χ0n) is 13.9. The maximum atomic E-state index is 12.7. The molecule has 0 radical (unpaired) electrons. The number of hydrogen-bond donors (Lipinski definition) is 1.